The van der Waals surface area contributed by atoms with Gasteiger partial charge in [0.15, 0.2) is 0 Å². The molecule has 1 rings (SSSR count). The van der Waals surface area contributed by atoms with E-state index >= 15 is 0 Å². The van der Waals surface area contributed by atoms with Gasteiger partial charge in [-0.05, 0) is 30.7 Å². The normalized spacial score (nSPS) is 9.47. The second-order valence-electron chi connectivity index (χ2n) is 2.98. The number of hydrogen-bond acceptors (Lipinski definition) is 3. The molecule has 1 aromatic rings. The molecule has 0 bridgehead atoms. The Balaban J connectivity index is 2.98. The summed E-state index contributed by atoms with van der Waals surface area (Å²) in [5.74, 6) is -0.841. The van der Waals surface area contributed by atoms with E-state index in [1.54, 1.807) is 13.0 Å². The van der Waals surface area contributed by atoms with Gasteiger partial charge in [-0.1, -0.05) is 0 Å². The van der Waals surface area contributed by atoms with Crippen molar-refractivity contribution in [3.63, 3.8) is 0 Å². The summed E-state index contributed by atoms with van der Waals surface area (Å²) in [5, 5.41) is 11.0. The number of benzene rings is 1. The molecule has 0 aliphatic heterocycles. The number of aryl methyl sites for hydroxylation is 1. The smallest absolute Gasteiger partial charge is 0.412 e. The Kier molecular flexibility index (Phi) is 3.28. The predicted octanol–water partition coefficient (Wildman–Crippen LogP) is 1.41. The van der Waals surface area contributed by atoms with Gasteiger partial charge in [0.25, 0.3) is 0 Å². The van der Waals surface area contributed by atoms with E-state index in [1.165, 1.54) is 19.2 Å². The second kappa shape index (κ2) is 4.45. The lowest BCUT2D eigenvalue weighted by Crippen LogP contribution is -2.22. The summed E-state index contributed by atoms with van der Waals surface area (Å²) in [5.41, 5.74) is 0.808. The number of carboxylic acid groups (broad SMARTS) is 1. The van der Waals surface area contributed by atoms with Crippen LogP contribution in [-0.2, 0) is 0 Å². The lowest BCUT2D eigenvalue weighted by atomic mass is 10.1. The number of carboxylic acids is 1. The topological polar surface area (TPSA) is 75.6 Å². The maximum absolute atomic E-state index is 10.9. The highest BCUT2D eigenvalue weighted by molar-refractivity contribution is 5.88. The maximum atomic E-state index is 10.9. The van der Waals surface area contributed by atoms with Crippen LogP contribution in [0.25, 0.3) is 0 Å². The summed E-state index contributed by atoms with van der Waals surface area (Å²) in [6.45, 7) is 1.73. The molecule has 0 saturated carbocycles. The number of nitrogens with one attached hydrogen (secondary N) is 1. The molecule has 2 N–H and O–H groups in total. The van der Waals surface area contributed by atoms with Gasteiger partial charge in [0.2, 0.25) is 0 Å². The number of hydrogen-bond donors (Lipinski definition) is 2. The van der Waals surface area contributed by atoms with E-state index in [-0.39, 0.29) is 11.3 Å². The van der Waals surface area contributed by atoms with Gasteiger partial charge in [-0.15, -0.1) is 0 Å². The lowest BCUT2D eigenvalue weighted by molar-refractivity contribution is 0.0696. The van der Waals surface area contributed by atoms with E-state index < -0.39 is 12.1 Å². The van der Waals surface area contributed by atoms with Gasteiger partial charge < -0.3 is 15.2 Å². The highest BCUT2D eigenvalue weighted by Gasteiger charge is 2.08. The molecule has 5 heteroatoms. The molecule has 0 spiro atoms. The van der Waals surface area contributed by atoms with Crippen LogP contribution in [0.5, 0.6) is 5.75 Å². The van der Waals surface area contributed by atoms with Crippen LogP contribution in [0.3, 0.4) is 0 Å². The Morgan fingerprint density at radius 3 is 2.53 bits per heavy atom. The van der Waals surface area contributed by atoms with Gasteiger partial charge in [0.1, 0.15) is 5.75 Å². The molecule has 0 aromatic heterocycles. The summed E-state index contributed by atoms with van der Waals surface area (Å²) >= 11 is 0. The Bertz CT molecular complexity index is 400. The molecule has 0 aliphatic carbocycles. The average Bonchev–Trinajstić information content (AvgIpc) is 2.16. The average molecular weight is 209 g/mol. The quantitative estimate of drug-likeness (QED) is 0.772. The van der Waals surface area contributed by atoms with Gasteiger partial charge in [-0.2, -0.15) is 0 Å². The van der Waals surface area contributed by atoms with Crippen molar-refractivity contribution in [3.05, 3.63) is 29.3 Å². The van der Waals surface area contributed by atoms with Crippen molar-refractivity contribution in [1.82, 2.24) is 5.32 Å². The Morgan fingerprint density at radius 2 is 2.00 bits per heavy atom. The molecule has 15 heavy (non-hydrogen) atoms. The third kappa shape index (κ3) is 2.98. The fraction of sp³-hybridized carbons (Fsp3) is 0.200. The molecular formula is C10H11NO4. The van der Waals surface area contributed by atoms with Crippen molar-refractivity contribution in [2.24, 2.45) is 0 Å². The van der Waals surface area contributed by atoms with Gasteiger partial charge in [-0.3, -0.25) is 0 Å². The zero-order valence-electron chi connectivity index (χ0n) is 8.40. The predicted molar refractivity (Wildman–Crippen MR) is 53.2 cm³/mol. The number of rotatable bonds is 2. The van der Waals surface area contributed by atoms with Crippen molar-refractivity contribution in [2.75, 3.05) is 7.05 Å². The van der Waals surface area contributed by atoms with Crippen LogP contribution < -0.4 is 10.1 Å². The standard InChI is InChI=1S/C10H11NO4/c1-6-3-7(9(12)13)5-8(4-6)15-10(14)11-2/h3-5H,1-2H3,(H,11,14)(H,12,13). The highest BCUT2D eigenvalue weighted by atomic mass is 16.5. The largest absolute Gasteiger partial charge is 0.478 e. The van der Waals surface area contributed by atoms with E-state index in [2.05, 4.69) is 5.32 Å². The molecule has 80 valence electrons. The van der Waals surface area contributed by atoms with Crippen molar-refractivity contribution in [1.29, 1.82) is 0 Å². The molecule has 0 fully saturated rings. The summed E-state index contributed by atoms with van der Waals surface area (Å²) in [7, 11) is 1.43. The molecule has 0 atom stereocenters. The zero-order valence-corrected chi connectivity index (χ0v) is 8.40. The van der Waals surface area contributed by atoms with Crippen LogP contribution in [-0.4, -0.2) is 24.2 Å². The molecular weight excluding hydrogens is 198 g/mol. The fourth-order valence-corrected chi connectivity index (χ4v) is 1.09. The van der Waals surface area contributed by atoms with E-state index in [0.29, 0.717) is 5.56 Å². The second-order valence-corrected chi connectivity index (χ2v) is 2.98. The molecule has 0 radical (unpaired) electrons. The van der Waals surface area contributed by atoms with E-state index in [0.717, 1.165) is 0 Å². The SMILES string of the molecule is CNC(=O)Oc1cc(C)cc(C(=O)O)c1. The number of aromatic carboxylic acids is 1. The zero-order chi connectivity index (χ0) is 11.4. The van der Waals surface area contributed by atoms with E-state index in [4.69, 9.17) is 9.84 Å². The summed E-state index contributed by atoms with van der Waals surface area (Å²) in [6.07, 6.45) is -0.628. The monoisotopic (exact) mass is 209 g/mol. The molecule has 1 aromatic carbocycles. The van der Waals surface area contributed by atoms with E-state index in [9.17, 15) is 9.59 Å². The molecule has 0 heterocycles. The number of carbonyl (C=O) groups is 2. The minimum absolute atomic E-state index is 0.0916. The molecule has 5 nitrogen and oxygen atoms in total. The first-order chi connectivity index (χ1) is 7.02. The summed E-state index contributed by atoms with van der Waals surface area (Å²) < 4.78 is 4.82. The van der Waals surface area contributed by atoms with Crippen LogP contribution in [0, 0.1) is 6.92 Å². The summed E-state index contributed by atoms with van der Waals surface area (Å²) in [6, 6.07) is 4.38. The first-order valence-electron chi connectivity index (χ1n) is 4.27. The van der Waals surface area contributed by atoms with Crippen molar-refractivity contribution < 1.29 is 19.4 Å². The van der Waals surface area contributed by atoms with Gasteiger partial charge in [0.05, 0.1) is 5.56 Å². The van der Waals surface area contributed by atoms with Gasteiger partial charge in [-0.25, -0.2) is 9.59 Å². The Labute approximate surface area is 86.7 Å². The van der Waals surface area contributed by atoms with Crippen LogP contribution in [0.4, 0.5) is 4.79 Å². The van der Waals surface area contributed by atoms with Crippen LogP contribution in [0.1, 0.15) is 15.9 Å². The first-order valence-corrected chi connectivity index (χ1v) is 4.27. The molecule has 0 saturated heterocycles. The van der Waals surface area contributed by atoms with Gasteiger partial charge in [0, 0.05) is 7.05 Å². The van der Waals surface area contributed by atoms with Gasteiger partial charge >= 0.3 is 12.1 Å². The van der Waals surface area contributed by atoms with E-state index in [1.807, 2.05) is 0 Å². The van der Waals surface area contributed by atoms with Crippen LogP contribution in [0.15, 0.2) is 18.2 Å². The lowest BCUT2D eigenvalue weighted by Gasteiger charge is -2.05. The molecule has 0 aliphatic rings. The number of ether oxygens (including phenoxy) is 1. The van der Waals surface area contributed by atoms with Crippen LogP contribution in [0.2, 0.25) is 0 Å². The maximum Gasteiger partial charge on any atom is 0.412 e. The Hall–Kier alpha value is -2.04. The third-order valence-electron chi connectivity index (χ3n) is 1.71. The molecule has 0 unspecified atom stereocenters. The number of amides is 1. The van der Waals surface area contributed by atoms with Crippen molar-refractivity contribution in [3.8, 4) is 5.75 Å². The minimum atomic E-state index is -1.06. The summed E-state index contributed by atoms with van der Waals surface area (Å²) in [4.78, 5) is 21.6. The van der Waals surface area contributed by atoms with Crippen molar-refractivity contribution in [2.45, 2.75) is 6.92 Å². The van der Waals surface area contributed by atoms with Crippen LogP contribution >= 0.6 is 0 Å². The molecule has 1 amide bonds. The Morgan fingerprint density at radius 1 is 1.33 bits per heavy atom. The fourth-order valence-electron chi connectivity index (χ4n) is 1.09. The first kappa shape index (κ1) is 11.0. The number of carbonyl (C=O) groups excluding carboxylic acids is 1. The third-order valence-corrected chi connectivity index (χ3v) is 1.71. The minimum Gasteiger partial charge on any atom is -0.478 e. The van der Waals surface area contributed by atoms with Crippen molar-refractivity contribution >= 4 is 12.1 Å². The highest BCUT2D eigenvalue weighted by Crippen LogP contribution is 2.16.